The zero-order chi connectivity index (χ0) is 18.1. The molecule has 0 bridgehead atoms. The Hall–Kier alpha value is -3.06. The molecule has 1 unspecified atom stereocenters. The number of nitrogens with one attached hydrogen (secondary N) is 1. The first-order chi connectivity index (χ1) is 12.7. The number of methoxy groups -OCH3 is 1. The van der Waals surface area contributed by atoms with Gasteiger partial charge in [-0.1, -0.05) is 30.3 Å². The lowest BCUT2D eigenvalue weighted by molar-refractivity contribution is -0.121. The number of nitrogens with zero attached hydrogens (tertiary/aromatic N) is 2. The molecule has 2 heterocycles. The number of rotatable bonds is 5. The van der Waals surface area contributed by atoms with Gasteiger partial charge in [0, 0.05) is 5.56 Å². The Morgan fingerprint density at radius 3 is 2.81 bits per heavy atom. The summed E-state index contributed by atoms with van der Waals surface area (Å²) in [7, 11) is 1.57. The van der Waals surface area contributed by atoms with Gasteiger partial charge < -0.3 is 19.5 Å². The van der Waals surface area contributed by atoms with E-state index < -0.39 is 6.04 Å². The molecular formula is C19H19N3O4. The number of hydrogen-bond acceptors (Lipinski definition) is 6. The molecule has 7 heteroatoms. The van der Waals surface area contributed by atoms with Gasteiger partial charge in [-0.15, -0.1) is 0 Å². The Bertz CT molecular complexity index is 867. The van der Waals surface area contributed by atoms with E-state index >= 15 is 0 Å². The van der Waals surface area contributed by atoms with E-state index in [2.05, 4.69) is 10.3 Å². The minimum Gasteiger partial charge on any atom is -0.492 e. The van der Waals surface area contributed by atoms with Crippen LogP contribution in [0.2, 0.25) is 0 Å². The number of carbonyl (C=O) groups excluding carboxylic acids is 1. The lowest BCUT2D eigenvalue weighted by atomic mass is 10.0. The average Bonchev–Trinajstić information content (AvgIpc) is 2.99. The summed E-state index contributed by atoms with van der Waals surface area (Å²) < 4.78 is 11.1. The monoisotopic (exact) mass is 353 g/mol. The second kappa shape index (κ2) is 6.68. The second-order valence-corrected chi connectivity index (χ2v) is 6.03. The summed E-state index contributed by atoms with van der Waals surface area (Å²) in [6.07, 6.45) is 0. The molecule has 0 saturated carbocycles. The van der Waals surface area contributed by atoms with Crippen LogP contribution in [0.4, 0.5) is 5.69 Å². The summed E-state index contributed by atoms with van der Waals surface area (Å²) in [6.45, 7) is 0.565. The predicted molar refractivity (Wildman–Crippen MR) is 95.5 cm³/mol. The molecule has 0 aromatic heterocycles. The van der Waals surface area contributed by atoms with Crippen molar-refractivity contribution in [2.45, 2.75) is 12.6 Å². The van der Waals surface area contributed by atoms with Gasteiger partial charge in [0.2, 0.25) is 5.96 Å². The van der Waals surface area contributed by atoms with Crippen LogP contribution in [-0.2, 0) is 11.3 Å². The zero-order valence-corrected chi connectivity index (χ0v) is 14.3. The number of aliphatic hydroxyl groups is 1. The van der Waals surface area contributed by atoms with Gasteiger partial charge >= 0.3 is 0 Å². The highest BCUT2D eigenvalue weighted by Crippen LogP contribution is 2.43. The van der Waals surface area contributed by atoms with Crippen LogP contribution in [0.3, 0.4) is 0 Å². The van der Waals surface area contributed by atoms with Crippen molar-refractivity contribution in [1.82, 2.24) is 10.2 Å². The molecule has 7 nitrogen and oxygen atoms in total. The van der Waals surface area contributed by atoms with E-state index in [9.17, 15) is 4.79 Å². The maximum Gasteiger partial charge on any atom is 0.254 e. The first-order valence-corrected chi connectivity index (χ1v) is 8.37. The van der Waals surface area contributed by atoms with E-state index in [1.54, 1.807) is 13.2 Å². The first kappa shape index (κ1) is 16.4. The number of guanidine groups is 1. The van der Waals surface area contributed by atoms with Gasteiger partial charge in [0.05, 0.1) is 25.9 Å². The number of ether oxygens (including phenoxy) is 2. The number of aliphatic imine (C=N–C) groups is 1. The van der Waals surface area contributed by atoms with Gasteiger partial charge in [0.25, 0.3) is 5.91 Å². The Balaban J connectivity index is 1.73. The number of hydrogen-bond donors (Lipinski definition) is 2. The fraction of sp³-hybridized carbons (Fsp3) is 0.263. The lowest BCUT2D eigenvalue weighted by Gasteiger charge is -2.29. The fourth-order valence-electron chi connectivity index (χ4n) is 3.37. The molecule has 1 atom stereocenters. The van der Waals surface area contributed by atoms with Crippen LogP contribution in [0.25, 0.3) is 0 Å². The lowest BCUT2D eigenvalue weighted by Crippen LogP contribution is -2.33. The highest BCUT2D eigenvalue weighted by molar-refractivity contribution is 6.08. The summed E-state index contributed by atoms with van der Waals surface area (Å²) in [5, 5.41) is 11.9. The van der Waals surface area contributed by atoms with Crippen molar-refractivity contribution in [1.29, 1.82) is 0 Å². The van der Waals surface area contributed by atoms with E-state index in [-0.39, 0.29) is 19.1 Å². The van der Waals surface area contributed by atoms with Crippen molar-refractivity contribution >= 4 is 17.6 Å². The van der Waals surface area contributed by atoms with Crippen LogP contribution in [-0.4, -0.2) is 42.2 Å². The van der Waals surface area contributed by atoms with Gasteiger partial charge in [0.15, 0.2) is 11.5 Å². The van der Waals surface area contributed by atoms with Crippen LogP contribution in [0.15, 0.2) is 47.5 Å². The Morgan fingerprint density at radius 1 is 1.27 bits per heavy atom. The molecule has 1 fully saturated rings. The SMILES string of the molecule is COc1c(OCCO)ccc2c1CN1C(=N2)NC(=O)C1c1ccccc1. The standard InChI is InChI=1S/C19H19N3O4/c1-25-17-13-11-22-16(12-5-3-2-4-6-12)18(24)21-19(22)20-14(13)7-8-15(17)26-10-9-23/h2-8,16,23H,9-11H2,1H3,(H,20,21,24). The molecule has 2 aliphatic heterocycles. The van der Waals surface area contributed by atoms with Crippen molar-refractivity contribution < 1.29 is 19.4 Å². The summed E-state index contributed by atoms with van der Waals surface area (Å²) in [5.74, 6) is 1.57. The van der Waals surface area contributed by atoms with E-state index in [0.717, 1.165) is 16.8 Å². The molecule has 2 aliphatic rings. The van der Waals surface area contributed by atoms with Crippen LogP contribution in [0.1, 0.15) is 17.2 Å². The largest absolute Gasteiger partial charge is 0.492 e. The summed E-state index contributed by atoms with van der Waals surface area (Å²) in [6, 6.07) is 12.8. The average molecular weight is 353 g/mol. The van der Waals surface area contributed by atoms with Gasteiger partial charge in [-0.25, -0.2) is 4.99 Å². The van der Waals surface area contributed by atoms with E-state index in [4.69, 9.17) is 14.6 Å². The van der Waals surface area contributed by atoms with Crippen LogP contribution in [0, 0.1) is 0 Å². The molecular weight excluding hydrogens is 334 g/mol. The number of carbonyl (C=O) groups is 1. The van der Waals surface area contributed by atoms with Crippen LogP contribution < -0.4 is 14.8 Å². The third-order valence-electron chi connectivity index (χ3n) is 4.49. The first-order valence-electron chi connectivity index (χ1n) is 8.37. The second-order valence-electron chi connectivity index (χ2n) is 6.03. The highest BCUT2D eigenvalue weighted by atomic mass is 16.5. The maximum absolute atomic E-state index is 12.5. The van der Waals surface area contributed by atoms with Crippen LogP contribution in [0.5, 0.6) is 11.5 Å². The van der Waals surface area contributed by atoms with E-state index in [1.165, 1.54) is 0 Å². The van der Waals surface area contributed by atoms with Crippen molar-refractivity contribution in [3.05, 3.63) is 53.6 Å². The van der Waals surface area contributed by atoms with Crippen molar-refractivity contribution in [3.63, 3.8) is 0 Å². The molecule has 0 spiro atoms. The Labute approximate surface area is 150 Å². The van der Waals surface area contributed by atoms with Gasteiger partial charge in [-0.2, -0.15) is 0 Å². The molecule has 2 aromatic rings. The highest BCUT2D eigenvalue weighted by Gasteiger charge is 2.41. The number of amides is 1. The molecule has 134 valence electrons. The predicted octanol–water partition coefficient (Wildman–Crippen LogP) is 1.74. The van der Waals surface area contributed by atoms with Crippen molar-refractivity contribution in [2.75, 3.05) is 20.3 Å². The molecule has 2 N–H and O–H groups in total. The van der Waals surface area contributed by atoms with Gasteiger partial charge in [-0.05, 0) is 17.7 Å². The molecule has 26 heavy (non-hydrogen) atoms. The molecule has 0 aliphatic carbocycles. The summed E-state index contributed by atoms with van der Waals surface area (Å²) in [4.78, 5) is 19.1. The third-order valence-corrected chi connectivity index (χ3v) is 4.49. The van der Waals surface area contributed by atoms with E-state index in [0.29, 0.717) is 24.0 Å². The molecule has 2 aromatic carbocycles. The molecule has 1 amide bonds. The topological polar surface area (TPSA) is 83.4 Å². The minimum absolute atomic E-state index is 0.0802. The Morgan fingerprint density at radius 2 is 2.08 bits per heavy atom. The Kier molecular flexibility index (Phi) is 4.22. The van der Waals surface area contributed by atoms with Crippen molar-refractivity contribution in [2.24, 2.45) is 4.99 Å². The number of benzene rings is 2. The van der Waals surface area contributed by atoms with Crippen molar-refractivity contribution in [3.8, 4) is 11.5 Å². The minimum atomic E-state index is -0.435. The van der Waals surface area contributed by atoms with Crippen LogP contribution >= 0.6 is 0 Å². The normalized spacial score (nSPS) is 17.9. The summed E-state index contributed by atoms with van der Waals surface area (Å²) >= 11 is 0. The third kappa shape index (κ3) is 2.66. The quantitative estimate of drug-likeness (QED) is 0.856. The maximum atomic E-state index is 12.5. The molecule has 0 radical (unpaired) electrons. The smallest absolute Gasteiger partial charge is 0.254 e. The molecule has 1 saturated heterocycles. The molecule has 4 rings (SSSR count). The van der Waals surface area contributed by atoms with Gasteiger partial charge in [-0.3, -0.25) is 10.1 Å². The number of aliphatic hydroxyl groups excluding tert-OH is 1. The zero-order valence-electron chi connectivity index (χ0n) is 14.3. The summed E-state index contributed by atoms with van der Waals surface area (Å²) in [5.41, 5.74) is 2.49. The number of fused-ring (bicyclic) bond motifs is 2. The fourth-order valence-corrected chi connectivity index (χ4v) is 3.37. The van der Waals surface area contributed by atoms with Gasteiger partial charge in [0.1, 0.15) is 12.6 Å². The van der Waals surface area contributed by atoms with E-state index in [1.807, 2.05) is 41.3 Å².